The van der Waals surface area contributed by atoms with Gasteiger partial charge in [0.1, 0.15) is 12.4 Å². The monoisotopic (exact) mass is 423 g/mol. The van der Waals surface area contributed by atoms with Crippen LogP contribution in [0.1, 0.15) is 20.8 Å². The van der Waals surface area contributed by atoms with E-state index in [0.717, 1.165) is 16.9 Å². The first-order chi connectivity index (χ1) is 14.2. The van der Waals surface area contributed by atoms with Gasteiger partial charge >= 0.3 is 0 Å². The van der Waals surface area contributed by atoms with Gasteiger partial charge in [-0.15, -0.1) is 11.3 Å². The number of halogens is 1. The van der Waals surface area contributed by atoms with Crippen LogP contribution >= 0.6 is 22.9 Å². The van der Waals surface area contributed by atoms with Crippen LogP contribution < -0.4 is 10.1 Å². The minimum atomic E-state index is -0.191. The maximum atomic E-state index is 12.5. The molecule has 5 nitrogen and oxygen atoms in total. The zero-order valence-corrected chi connectivity index (χ0v) is 17.0. The van der Waals surface area contributed by atoms with Crippen molar-refractivity contribution in [1.29, 1.82) is 0 Å². The summed E-state index contributed by atoms with van der Waals surface area (Å²) in [5.41, 5.74) is 1.92. The standard InChI is InChI=1S/C22H18ClN3O2S/c23-19-9-5-4-6-17(19)13-26-11-10-21(25-26)24-22(27)20-12-16(15-29-20)14-28-18-7-2-1-3-8-18/h1-12,15H,13-14H2,(H,24,25,27). The molecule has 4 aromatic rings. The highest BCUT2D eigenvalue weighted by Gasteiger charge is 2.12. The van der Waals surface area contributed by atoms with E-state index < -0.39 is 0 Å². The summed E-state index contributed by atoms with van der Waals surface area (Å²) in [5, 5.41) is 9.85. The molecule has 0 aliphatic heterocycles. The Morgan fingerprint density at radius 2 is 1.90 bits per heavy atom. The number of carbonyl (C=O) groups is 1. The molecule has 4 rings (SSSR count). The minimum Gasteiger partial charge on any atom is -0.489 e. The Labute approximate surface area is 177 Å². The topological polar surface area (TPSA) is 56.2 Å². The molecule has 1 N–H and O–H groups in total. The molecule has 1 amide bonds. The van der Waals surface area contributed by atoms with Crippen LogP contribution in [-0.4, -0.2) is 15.7 Å². The van der Waals surface area contributed by atoms with Gasteiger partial charge in [-0.25, -0.2) is 0 Å². The summed E-state index contributed by atoms with van der Waals surface area (Å²) in [4.78, 5) is 13.1. The lowest BCUT2D eigenvalue weighted by Crippen LogP contribution is -2.11. The van der Waals surface area contributed by atoms with E-state index in [9.17, 15) is 4.79 Å². The van der Waals surface area contributed by atoms with Crippen molar-refractivity contribution in [3.05, 3.63) is 99.3 Å². The summed E-state index contributed by atoms with van der Waals surface area (Å²) in [6.07, 6.45) is 1.81. The van der Waals surface area contributed by atoms with Crippen LogP contribution in [-0.2, 0) is 13.2 Å². The lowest BCUT2D eigenvalue weighted by molar-refractivity contribution is 0.103. The highest BCUT2D eigenvalue weighted by atomic mass is 35.5. The molecule has 0 saturated heterocycles. The second kappa shape index (κ2) is 8.94. The van der Waals surface area contributed by atoms with Crippen LogP contribution in [0.2, 0.25) is 5.02 Å². The second-order valence-electron chi connectivity index (χ2n) is 6.37. The number of benzene rings is 2. The molecule has 0 radical (unpaired) electrons. The smallest absolute Gasteiger partial charge is 0.266 e. The Morgan fingerprint density at radius 1 is 1.10 bits per heavy atom. The largest absolute Gasteiger partial charge is 0.489 e. The van der Waals surface area contributed by atoms with Crippen LogP contribution in [0.25, 0.3) is 0 Å². The SMILES string of the molecule is O=C(Nc1ccn(Cc2ccccc2Cl)n1)c1cc(COc2ccccc2)cs1. The van der Waals surface area contributed by atoms with Crippen molar-refractivity contribution in [3.8, 4) is 5.75 Å². The number of rotatable bonds is 7. The summed E-state index contributed by atoms with van der Waals surface area (Å²) in [7, 11) is 0. The molecule has 0 bridgehead atoms. The van der Waals surface area contributed by atoms with Crippen molar-refractivity contribution in [1.82, 2.24) is 9.78 Å². The van der Waals surface area contributed by atoms with Gasteiger partial charge < -0.3 is 10.1 Å². The molecule has 0 unspecified atom stereocenters. The van der Waals surface area contributed by atoms with Crippen molar-refractivity contribution >= 4 is 34.7 Å². The van der Waals surface area contributed by atoms with E-state index in [0.29, 0.717) is 28.9 Å². The average molecular weight is 424 g/mol. The quantitative estimate of drug-likeness (QED) is 0.428. The van der Waals surface area contributed by atoms with Crippen molar-refractivity contribution < 1.29 is 9.53 Å². The molecule has 0 spiro atoms. The Bertz CT molecular complexity index is 1110. The average Bonchev–Trinajstić information content (AvgIpc) is 3.39. The van der Waals surface area contributed by atoms with E-state index in [-0.39, 0.29) is 5.91 Å². The van der Waals surface area contributed by atoms with Gasteiger partial charge in [-0.1, -0.05) is 48.0 Å². The fourth-order valence-corrected chi connectivity index (χ4v) is 3.74. The fraction of sp³-hybridized carbons (Fsp3) is 0.0909. The second-order valence-corrected chi connectivity index (χ2v) is 7.68. The molecule has 2 heterocycles. The molecule has 0 atom stereocenters. The Hall–Kier alpha value is -3.09. The number of amides is 1. The van der Waals surface area contributed by atoms with E-state index in [2.05, 4.69) is 10.4 Å². The molecular weight excluding hydrogens is 406 g/mol. The van der Waals surface area contributed by atoms with Crippen molar-refractivity contribution in [3.63, 3.8) is 0 Å². The Kier molecular flexibility index (Phi) is 5.93. The van der Waals surface area contributed by atoms with Gasteiger partial charge in [0.15, 0.2) is 5.82 Å². The first kappa shape index (κ1) is 19.2. The van der Waals surface area contributed by atoms with Gasteiger partial charge in [0.25, 0.3) is 5.91 Å². The van der Waals surface area contributed by atoms with Crippen LogP contribution in [0.15, 0.2) is 78.3 Å². The van der Waals surface area contributed by atoms with Crippen LogP contribution in [0.3, 0.4) is 0 Å². The zero-order chi connectivity index (χ0) is 20.1. The molecule has 146 valence electrons. The summed E-state index contributed by atoms with van der Waals surface area (Å²) in [6.45, 7) is 0.954. The maximum Gasteiger partial charge on any atom is 0.266 e. The summed E-state index contributed by atoms with van der Waals surface area (Å²) >= 11 is 7.57. The third kappa shape index (κ3) is 5.04. The number of para-hydroxylation sites is 1. The van der Waals surface area contributed by atoms with Crippen molar-refractivity contribution in [2.45, 2.75) is 13.2 Å². The number of nitrogens with one attached hydrogen (secondary N) is 1. The van der Waals surface area contributed by atoms with Crippen LogP contribution in [0, 0.1) is 0 Å². The summed E-state index contributed by atoms with van der Waals surface area (Å²) < 4.78 is 7.46. The molecule has 2 aromatic heterocycles. The molecule has 0 aliphatic rings. The van der Waals surface area contributed by atoms with E-state index in [1.165, 1.54) is 11.3 Å². The predicted molar refractivity (Wildman–Crippen MR) is 116 cm³/mol. The summed E-state index contributed by atoms with van der Waals surface area (Å²) in [6, 6.07) is 20.8. The predicted octanol–water partition coefficient (Wildman–Crippen LogP) is 5.48. The highest BCUT2D eigenvalue weighted by molar-refractivity contribution is 7.12. The van der Waals surface area contributed by atoms with Crippen molar-refractivity contribution in [2.75, 3.05) is 5.32 Å². The number of carbonyl (C=O) groups excluding carboxylic acids is 1. The first-order valence-electron chi connectivity index (χ1n) is 9.01. The highest BCUT2D eigenvalue weighted by Crippen LogP contribution is 2.20. The molecule has 0 fully saturated rings. The number of nitrogens with zero attached hydrogens (tertiary/aromatic N) is 2. The number of anilines is 1. The van der Waals surface area contributed by atoms with E-state index in [1.54, 1.807) is 10.7 Å². The lowest BCUT2D eigenvalue weighted by Gasteiger charge is -2.04. The van der Waals surface area contributed by atoms with E-state index >= 15 is 0 Å². The molecule has 7 heteroatoms. The Balaban J connectivity index is 1.34. The van der Waals surface area contributed by atoms with Gasteiger partial charge in [-0.05, 0) is 35.2 Å². The molecule has 29 heavy (non-hydrogen) atoms. The third-order valence-corrected chi connectivity index (χ3v) is 5.55. The van der Waals surface area contributed by atoms with Gasteiger partial charge in [0, 0.05) is 22.8 Å². The molecule has 2 aromatic carbocycles. The van der Waals surface area contributed by atoms with E-state index in [4.69, 9.17) is 16.3 Å². The van der Waals surface area contributed by atoms with Gasteiger partial charge in [-0.2, -0.15) is 5.10 Å². The zero-order valence-electron chi connectivity index (χ0n) is 15.4. The molecule has 0 aliphatic carbocycles. The van der Waals surface area contributed by atoms with Gasteiger partial charge in [0.05, 0.1) is 11.4 Å². The number of hydrogen-bond donors (Lipinski definition) is 1. The fourth-order valence-electron chi connectivity index (χ4n) is 2.75. The number of ether oxygens (including phenoxy) is 1. The number of hydrogen-bond acceptors (Lipinski definition) is 4. The van der Waals surface area contributed by atoms with Crippen LogP contribution in [0.4, 0.5) is 5.82 Å². The van der Waals surface area contributed by atoms with Crippen molar-refractivity contribution in [2.24, 2.45) is 0 Å². The number of aromatic nitrogens is 2. The third-order valence-electron chi connectivity index (χ3n) is 4.20. The minimum absolute atomic E-state index is 0.191. The lowest BCUT2D eigenvalue weighted by atomic mass is 10.2. The summed E-state index contributed by atoms with van der Waals surface area (Å²) in [5.74, 6) is 1.11. The van der Waals surface area contributed by atoms with Gasteiger partial charge in [-0.3, -0.25) is 9.48 Å². The van der Waals surface area contributed by atoms with Crippen LogP contribution in [0.5, 0.6) is 5.75 Å². The first-order valence-corrected chi connectivity index (χ1v) is 10.3. The van der Waals surface area contributed by atoms with Gasteiger partial charge in [0.2, 0.25) is 0 Å². The molecular formula is C22H18ClN3O2S. The molecule has 0 saturated carbocycles. The Morgan fingerprint density at radius 3 is 2.72 bits per heavy atom. The number of thiophene rings is 1. The van der Waals surface area contributed by atoms with E-state index in [1.807, 2.05) is 72.2 Å². The normalized spacial score (nSPS) is 10.7. The maximum absolute atomic E-state index is 12.5.